The van der Waals surface area contributed by atoms with Crippen LogP contribution in [0.5, 0.6) is 23.0 Å². The first-order chi connectivity index (χ1) is 28.7. The van der Waals surface area contributed by atoms with Crippen LogP contribution in [0.2, 0.25) is 0 Å². The summed E-state index contributed by atoms with van der Waals surface area (Å²) in [5.41, 5.74) is 5.95. The summed E-state index contributed by atoms with van der Waals surface area (Å²) in [6.07, 6.45) is -0.0646. The topological polar surface area (TPSA) is 101 Å². The minimum atomic E-state index is -0.928. The maximum atomic E-state index is 15.5. The highest BCUT2D eigenvalue weighted by atomic mass is 16.8. The fraction of sp³-hybridized carbons (Fsp3) is 0.260. The van der Waals surface area contributed by atoms with Crippen LogP contribution in [0.3, 0.4) is 0 Å². The van der Waals surface area contributed by atoms with Crippen molar-refractivity contribution in [2.45, 2.75) is 83.1 Å². The van der Waals surface area contributed by atoms with Gasteiger partial charge in [-0.05, 0) is 109 Å². The third-order valence-corrected chi connectivity index (χ3v) is 11.0. The largest absolute Gasteiger partial charge is 0.508 e. The molecule has 2 aliphatic rings. The van der Waals surface area contributed by atoms with E-state index >= 15 is 4.79 Å². The van der Waals surface area contributed by atoms with E-state index in [4.69, 9.17) is 18.9 Å². The molecule has 8 rings (SSSR count). The second kappa shape index (κ2) is 17.7. The Morgan fingerprint density at radius 2 is 0.847 bits per heavy atom. The van der Waals surface area contributed by atoms with Crippen molar-refractivity contribution >= 4 is 6.03 Å². The van der Waals surface area contributed by atoms with Gasteiger partial charge in [-0.1, -0.05) is 109 Å². The van der Waals surface area contributed by atoms with Crippen molar-refractivity contribution < 1.29 is 34.0 Å². The van der Waals surface area contributed by atoms with E-state index in [0.29, 0.717) is 39.1 Å². The molecule has 6 aromatic rings. The summed E-state index contributed by atoms with van der Waals surface area (Å²) in [5.74, 6) is 0.896. The van der Waals surface area contributed by atoms with Crippen molar-refractivity contribution in [2.24, 2.45) is 0 Å². The quantitative estimate of drug-likeness (QED) is 0.113. The van der Waals surface area contributed by atoms with Gasteiger partial charge in [-0.25, -0.2) is 4.79 Å². The van der Waals surface area contributed by atoms with Gasteiger partial charge in [0.1, 0.15) is 48.4 Å². The van der Waals surface area contributed by atoms with Crippen LogP contribution in [0, 0.1) is 0 Å². The van der Waals surface area contributed by atoms with E-state index in [1.807, 2.05) is 157 Å². The van der Waals surface area contributed by atoms with E-state index < -0.39 is 30.1 Å². The maximum absolute atomic E-state index is 15.5. The molecule has 0 bridgehead atoms. The number of urea groups is 1. The van der Waals surface area contributed by atoms with E-state index in [1.165, 1.54) is 0 Å². The molecule has 4 atom stereocenters. The number of hydrogen-bond donors (Lipinski definition) is 2. The summed E-state index contributed by atoms with van der Waals surface area (Å²) in [4.78, 5) is 19.4. The van der Waals surface area contributed by atoms with Crippen LogP contribution in [0.1, 0.15) is 47.2 Å². The first-order valence-corrected chi connectivity index (χ1v) is 20.2. The molecule has 9 nitrogen and oxygen atoms in total. The predicted octanol–water partition coefficient (Wildman–Crippen LogP) is 9.44. The van der Waals surface area contributed by atoms with Gasteiger partial charge in [0.05, 0.1) is 12.1 Å². The number of benzene rings is 6. The Balaban J connectivity index is 1.14. The molecule has 0 spiro atoms. The van der Waals surface area contributed by atoms with E-state index in [1.54, 1.807) is 24.3 Å². The fourth-order valence-electron chi connectivity index (χ4n) is 8.04. The van der Waals surface area contributed by atoms with Gasteiger partial charge in [0.25, 0.3) is 0 Å². The summed E-state index contributed by atoms with van der Waals surface area (Å²) >= 11 is 0. The van der Waals surface area contributed by atoms with E-state index in [0.717, 1.165) is 44.9 Å². The SMILES string of the molecule is CC1(C)O[C@H]2[C@@H](Cc3ccc(O)cc3)N(Cc3ccc(OCc4ccccc4)cc3)C(=O)N(Cc3ccc(OCc4ccccc4)cc3)C(Cc3ccc(O)cc3)[C@@H]2O1. The van der Waals surface area contributed by atoms with Crippen LogP contribution in [-0.4, -0.2) is 56.1 Å². The van der Waals surface area contributed by atoms with E-state index in [2.05, 4.69) is 0 Å². The monoisotopic (exact) mass is 790 g/mol. The molecule has 2 aliphatic heterocycles. The third kappa shape index (κ3) is 9.88. The fourth-order valence-corrected chi connectivity index (χ4v) is 8.04. The lowest BCUT2D eigenvalue weighted by Crippen LogP contribution is -2.51. The average Bonchev–Trinajstić information content (AvgIpc) is 3.56. The van der Waals surface area contributed by atoms with Gasteiger partial charge in [0, 0.05) is 13.1 Å². The molecule has 59 heavy (non-hydrogen) atoms. The number of ether oxygens (including phenoxy) is 4. The molecule has 2 amide bonds. The van der Waals surface area contributed by atoms with Gasteiger partial charge in [-0.2, -0.15) is 0 Å². The molecule has 2 N–H and O–H groups in total. The van der Waals surface area contributed by atoms with Crippen LogP contribution in [0.25, 0.3) is 0 Å². The number of phenols is 2. The van der Waals surface area contributed by atoms with Gasteiger partial charge in [-0.3, -0.25) is 0 Å². The van der Waals surface area contributed by atoms with Gasteiger partial charge in [0.2, 0.25) is 0 Å². The number of hydrogen-bond acceptors (Lipinski definition) is 7. The lowest BCUT2D eigenvalue weighted by Gasteiger charge is -2.37. The smallest absolute Gasteiger partial charge is 0.321 e. The van der Waals surface area contributed by atoms with Crippen LogP contribution < -0.4 is 9.47 Å². The van der Waals surface area contributed by atoms with E-state index in [-0.39, 0.29) is 17.5 Å². The number of aromatic hydroxyl groups is 2. The average molecular weight is 791 g/mol. The van der Waals surface area contributed by atoms with Crippen molar-refractivity contribution in [3.05, 3.63) is 191 Å². The van der Waals surface area contributed by atoms with Gasteiger partial charge >= 0.3 is 6.03 Å². The molecular weight excluding hydrogens is 741 g/mol. The molecule has 0 radical (unpaired) electrons. The molecule has 2 saturated heterocycles. The van der Waals surface area contributed by atoms with Crippen molar-refractivity contribution in [1.29, 1.82) is 0 Å². The highest BCUT2D eigenvalue weighted by Gasteiger charge is 2.55. The summed E-state index contributed by atoms with van der Waals surface area (Å²) in [6, 6.07) is 49.2. The third-order valence-electron chi connectivity index (χ3n) is 11.0. The predicted molar refractivity (Wildman–Crippen MR) is 226 cm³/mol. The van der Waals surface area contributed by atoms with Crippen molar-refractivity contribution in [2.75, 3.05) is 0 Å². The van der Waals surface area contributed by atoms with Gasteiger partial charge in [-0.15, -0.1) is 0 Å². The lowest BCUT2D eigenvalue weighted by molar-refractivity contribution is -0.157. The number of amides is 2. The van der Waals surface area contributed by atoms with E-state index in [9.17, 15) is 10.2 Å². The molecule has 6 aromatic carbocycles. The van der Waals surface area contributed by atoms with Gasteiger partial charge < -0.3 is 39.0 Å². The van der Waals surface area contributed by atoms with Crippen LogP contribution in [-0.2, 0) is 48.6 Å². The van der Waals surface area contributed by atoms with Crippen molar-refractivity contribution in [1.82, 2.24) is 9.80 Å². The number of rotatable bonds is 14. The molecule has 302 valence electrons. The summed E-state index contributed by atoms with van der Waals surface area (Å²) in [5, 5.41) is 20.3. The summed E-state index contributed by atoms with van der Waals surface area (Å²) in [6.45, 7) is 5.37. The second-order valence-electron chi connectivity index (χ2n) is 15.8. The van der Waals surface area contributed by atoms with Crippen LogP contribution in [0.15, 0.2) is 158 Å². The summed E-state index contributed by atoms with van der Waals surface area (Å²) < 4.78 is 25.9. The van der Waals surface area contributed by atoms with Crippen LogP contribution >= 0.6 is 0 Å². The Bertz CT molecular complexity index is 2110. The van der Waals surface area contributed by atoms with Crippen LogP contribution in [0.4, 0.5) is 4.79 Å². The molecule has 9 heteroatoms. The van der Waals surface area contributed by atoms with Crippen molar-refractivity contribution in [3.8, 4) is 23.0 Å². The molecule has 0 saturated carbocycles. The normalized spacial score (nSPS) is 19.9. The Hall–Kier alpha value is -6.29. The van der Waals surface area contributed by atoms with Crippen molar-refractivity contribution in [3.63, 3.8) is 0 Å². The molecule has 2 heterocycles. The highest BCUT2D eigenvalue weighted by molar-refractivity contribution is 5.76. The maximum Gasteiger partial charge on any atom is 0.321 e. The first-order valence-electron chi connectivity index (χ1n) is 20.2. The number of phenolic OH excluding ortho intramolecular Hbond substituents is 2. The standard InChI is InChI=1S/C50H50N2O7/c1-50(2)58-47-45(29-35-13-21-41(53)22-14-35)51(31-37-17-25-43(26-18-37)56-33-39-9-5-3-6-10-39)49(55)52(46(48(47)59-50)30-36-15-23-42(54)24-16-36)32-38-19-27-44(28-20-38)57-34-40-11-7-4-8-12-40/h3-28,45-48,53-54H,29-34H2,1-2H3/t45-,46?,47+,48+/m1/s1. The first kappa shape index (κ1) is 39.5. The lowest BCUT2D eigenvalue weighted by atomic mass is 9.90. The second-order valence-corrected chi connectivity index (χ2v) is 15.8. The van der Waals surface area contributed by atoms with Gasteiger partial charge in [0.15, 0.2) is 5.79 Å². The number of nitrogens with zero attached hydrogens (tertiary/aromatic N) is 2. The zero-order valence-corrected chi connectivity index (χ0v) is 33.4. The molecule has 1 unspecified atom stereocenters. The molecule has 0 aromatic heterocycles. The zero-order chi connectivity index (χ0) is 40.8. The zero-order valence-electron chi connectivity index (χ0n) is 33.4. The Morgan fingerprint density at radius 3 is 1.22 bits per heavy atom. The Morgan fingerprint density at radius 1 is 0.492 bits per heavy atom. The highest BCUT2D eigenvalue weighted by Crippen LogP contribution is 2.41. The Kier molecular flexibility index (Phi) is 11.9. The molecule has 2 fully saturated rings. The summed E-state index contributed by atoms with van der Waals surface area (Å²) in [7, 11) is 0. The number of carbonyl (C=O) groups excluding carboxylic acids is 1. The number of carbonyl (C=O) groups is 1. The minimum Gasteiger partial charge on any atom is -0.508 e. The number of fused-ring (bicyclic) bond motifs is 1. The minimum absolute atomic E-state index is 0.147. The molecule has 0 aliphatic carbocycles. The Labute approximate surface area is 346 Å². The molecular formula is C50H50N2O7.